The summed E-state index contributed by atoms with van der Waals surface area (Å²) >= 11 is 0. The first-order valence-electron chi connectivity index (χ1n) is 9.47. The van der Waals surface area contributed by atoms with Crippen molar-refractivity contribution in [1.29, 1.82) is 0 Å². The molecule has 1 aliphatic heterocycles. The molecule has 0 aromatic heterocycles. The van der Waals surface area contributed by atoms with E-state index in [9.17, 15) is 9.59 Å². The first-order valence-corrected chi connectivity index (χ1v) is 9.47. The number of nitrogens with zero attached hydrogens (tertiary/aromatic N) is 2. The number of aryl methyl sites for hydroxylation is 1. The second-order valence-electron chi connectivity index (χ2n) is 7.75. The smallest absolute Gasteiger partial charge is 0.317 e. The van der Waals surface area contributed by atoms with Crippen LogP contribution in [0.4, 0.5) is 4.79 Å². The molecule has 2 fully saturated rings. The van der Waals surface area contributed by atoms with E-state index in [1.807, 2.05) is 9.80 Å². The van der Waals surface area contributed by atoms with E-state index in [0.717, 1.165) is 26.1 Å². The molecule has 1 aromatic rings. The van der Waals surface area contributed by atoms with Gasteiger partial charge in [0.05, 0.1) is 0 Å². The number of nitrogens with one attached hydrogen (secondary N) is 1. The summed E-state index contributed by atoms with van der Waals surface area (Å²) < 4.78 is 0. The Balaban J connectivity index is 1.30. The maximum atomic E-state index is 12.5. The normalized spacial score (nSPS) is 27.8. The fourth-order valence-electron chi connectivity index (χ4n) is 4.76. The Bertz CT molecular complexity index is 689. The molecule has 1 heterocycles. The van der Waals surface area contributed by atoms with Gasteiger partial charge in [0.1, 0.15) is 0 Å². The van der Waals surface area contributed by atoms with E-state index in [4.69, 9.17) is 0 Å². The lowest BCUT2D eigenvalue weighted by molar-refractivity contribution is -0.128. The van der Waals surface area contributed by atoms with Gasteiger partial charge in [0, 0.05) is 45.1 Å². The number of amides is 3. The number of urea groups is 1. The molecule has 1 saturated carbocycles. The van der Waals surface area contributed by atoms with Crippen LogP contribution in [0.1, 0.15) is 37.3 Å². The average Bonchev–Trinajstić information content (AvgIpc) is 3.27. The second kappa shape index (κ2) is 6.36. The number of fused-ring (bicyclic) bond motifs is 2. The molecule has 5 nitrogen and oxygen atoms in total. The van der Waals surface area contributed by atoms with E-state index in [1.165, 1.54) is 30.4 Å². The van der Waals surface area contributed by atoms with Crippen LogP contribution in [0.25, 0.3) is 0 Å². The lowest BCUT2D eigenvalue weighted by Gasteiger charge is -2.22. The first kappa shape index (κ1) is 16.4. The summed E-state index contributed by atoms with van der Waals surface area (Å²) in [4.78, 5) is 27.7. The Morgan fingerprint density at radius 3 is 2.76 bits per heavy atom. The SMILES string of the molecule is CC(=O)N1CCCN(C(=O)NC[C@@H]2C[C@]23CCc2ccccc23)CC1. The summed E-state index contributed by atoms with van der Waals surface area (Å²) in [6, 6.07) is 8.81. The maximum absolute atomic E-state index is 12.5. The molecule has 0 bridgehead atoms. The topological polar surface area (TPSA) is 52.7 Å². The van der Waals surface area contributed by atoms with Crippen LogP contribution in [0, 0.1) is 5.92 Å². The van der Waals surface area contributed by atoms with Gasteiger partial charge in [0.2, 0.25) is 5.91 Å². The van der Waals surface area contributed by atoms with Gasteiger partial charge in [0.15, 0.2) is 0 Å². The zero-order valence-corrected chi connectivity index (χ0v) is 15.0. The van der Waals surface area contributed by atoms with Crippen LogP contribution in [-0.4, -0.2) is 54.5 Å². The zero-order valence-electron chi connectivity index (χ0n) is 15.0. The van der Waals surface area contributed by atoms with E-state index < -0.39 is 0 Å². The van der Waals surface area contributed by atoms with Crippen molar-refractivity contribution in [2.45, 2.75) is 38.0 Å². The standard InChI is InChI=1S/C20H27N3O2/c1-15(24)22-9-4-10-23(12-11-22)19(25)21-14-17-13-20(17)8-7-16-5-2-3-6-18(16)20/h2-3,5-6,17H,4,7-14H2,1H3,(H,21,25)/t17-,20+/m0/s1. The third-order valence-corrected chi connectivity index (χ3v) is 6.35. The fraction of sp³-hybridized carbons (Fsp3) is 0.600. The van der Waals surface area contributed by atoms with Crippen LogP contribution in [0.2, 0.25) is 0 Å². The molecule has 1 saturated heterocycles. The minimum atomic E-state index is 0.0266. The largest absolute Gasteiger partial charge is 0.341 e. The van der Waals surface area contributed by atoms with Gasteiger partial charge in [-0.1, -0.05) is 24.3 Å². The number of benzene rings is 1. The molecule has 1 N–H and O–H groups in total. The van der Waals surface area contributed by atoms with Crippen LogP contribution < -0.4 is 5.32 Å². The maximum Gasteiger partial charge on any atom is 0.317 e. The highest BCUT2D eigenvalue weighted by Crippen LogP contribution is 2.61. The molecule has 0 unspecified atom stereocenters. The van der Waals surface area contributed by atoms with Crippen molar-refractivity contribution in [3.05, 3.63) is 35.4 Å². The number of hydrogen-bond acceptors (Lipinski definition) is 2. The molecule has 2 aliphatic carbocycles. The van der Waals surface area contributed by atoms with E-state index in [1.54, 1.807) is 6.92 Å². The predicted molar refractivity (Wildman–Crippen MR) is 96.4 cm³/mol. The van der Waals surface area contributed by atoms with Gasteiger partial charge in [-0.25, -0.2) is 4.79 Å². The van der Waals surface area contributed by atoms with Gasteiger partial charge >= 0.3 is 6.03 Å². The molecule has 0 radical (unpaired) electrons. The summed E-state index contributed by atoms with van der Waals surface area (Å²) in [6.07, 6.45) is 4.45. The molecule has 3 amide bonds. The molecule has 5 heteroatoms. The van der Waals surface area contributed by atoms with Gasteiger partial charge in [-0.15, -0.1) is 0 Å². The number of carbonyl (C=O) groups is 2. The highest BCUT2D eigenvalue weighted by atomic mass is 16.2. The van der Waals surface area contributed by atoms with Gasteiger partial charge in [0.25, 0.3) is 0 Å². The average molecular weight is 341 g/mol. The summed E-state index contributed by atoms with van der Waals surface area (Å²) in [5, 5.41) is 3.15. The van der Waals surface area contributed by atoms with Crippen LogP contribution in [0.15, 0.2) is 24.3 Å². The van der Waals surface area contributed by atoms with Crippen molar-refractivity contribution in [2.75, 3.05) is 32.7 Å². The van der Waals surface area contributed by atoms with E-state index in [-0.39, 0.29) is 11.9 Å². The Morgan fingerprint density at radius 1 is 1.16 bits per heavy atom. The summed E-state index contributed by atoms with van der Waals surface area (Å²) in [5.74, 6) is 0.669. The fourth-order valence-corrected chi connectivity index (χ4v) is 4.76. The molecule has 4 rings (SSSR count). The van der Waals surface area contributed by atoms with Crippen molar-refractivity contribution >= 4 is 11.9 Å². The molecule has 1 spiro atoms. The molecular formula is C20H27N3O2. The Hall–Kier alpha value is -2.04. The molecule has 2 atom stereocenters. The van der Waals surface area contributed by atoms with Crippen molar-refractivity contribution in [1.82, 2.24) is 15.1 Å². The Labute approximate surface area is 149 Å². The summed E-state index contributed by atoms with van der Waals surface area (Å²) in [5.41, 5.74) is 3.34. The minimum absolute atomic E-state index is 0.0266. The molecule has 134 valence electrons. The van der Waals surface area contributed by atoms with Gasteiger partial charge in [-0.2, -0.15) is 0 Å². The minimum Gasteiger partial charge on any atom is -0.341 e. The number of rotatable bonds is 2. The quantitative estimate of drug-likeness (QED) is 0.896. The molecule has 3 aliphatic rings. The summed E-state index contributed by atoms with van der Waals surface area (Å²) in [6.45, 7) is 5.12. The summed E-state index contributed by atoms with van der Waals surface area (Å²) in [7, 11) is 0. The van der Waals surface area contributed by atoms with Gasteiger partial charge in [-0.05, 0) is 42.7 Å². The first-order chi connectivity index (χ1) is 12.1. The molecular weight excluding hydrogens is 314 g/mol. The third-order valence-electron chi connectivity index (χ3n) is 6.35. The number of carbonyl (C=O) groups excluding carboxylic acids is 2. The predicted octanol–water partition coefficient (Wildman–Crippen LogP) is 2.15. The second-order valence-corrected chi connectivity index (χ2v) is 7.75. The number of hydrogen-bond donors (Lipinski definition) is 1. The van der Waals surface area contributed by atoms with Crippen LogP contribution >= 0.6 is 0 Å². The van der Waals surface area contributed by atoms with Crippen LogP contribution in [0.5, 0.6) is 0 Å². The van der Waals surface area contributed by atoms with Crippen LogP contribution in [0.3, 0.4) is 0 Å². The van der Waals surface area contributed by atoms with Gasteiger partial charge < -0.3 is 15.1 Å². The van der Waals surface area contributed by atoms with Crippen molar-refractivity contribution in [3.63, 3.8) is 0 Å². The van der Waals surface area contributed by atoms with Crippen LogP contribution in [-0.2, 0) is 16.6 Å². The van der Waals surface area contributed by atoms with E-state index in [0.29, 0.717) is 24.4 Å². The van der Waals surface area contributed by atoms with Crippen molar-refractivity contribution in [2.24, 2.45) is 5.92 Å². The Morgan fingerprint density at radius 2 is 1.92 bits per heavy atom. The lowest BCUT2D eigenvalue weighted by Crippen LogP contribution is -2.43. The van der Waals surface area contributed by atoms with Crippen molar-refractivity contribution in [3.8, 4) is 0 Å². The highest BCUT2D eigenvalue weighted by Gasteiger charge is 2.57. The monoisotopic (exact) mass is 341 g/mol. The van der Waals surface area contributed by atoms with E-state index in [2.05, 4.69) is 29.6 Å². The van der Waals surface area contributed by atoms with Crippen molar-refractivity contribution < 1.29 is 9.59 Å². The molecule has 25 heavy (non-hydrogen) atoms. The molecule has 1 aromatic carbocycles. The zero-order chi connectivity index (χ0) is 17.4. The lowest BCUT2D eigenvalue weighted by atomic mass is 9.95. The third kappa shape index (κ3) is 3.00. The highest BCUT2D eigenvalue weighted by molar-refractivity contribution is 5.75. The van der Waals surface area contributed by atoms with E-state index >= 15 is 0 Å². The van der Waals surface area contributed by atoms with Gasteiger partial charge in [-0.3, -0.25) is 4.79 Å². The Kier molecular flexibility index (Phi) is 4.18.